The second-order valence-electron chi connectivity index (χ2n) is 8.06. The van der Waals surface area contributed by atoms with Gasteiger partial charge in [0.2, 0.25) is 5.91 Å². The number of amides is 1. The molecule has 2 fully saturated rings. The number of nitrogens with zero attached hydrogens (tertiary/aromatic N) is 5. The van der Waals surface area contributed by atoms with Gasteiger partial charge in [-0.15, -0.1) is 0 Å². The number of fused-ring (bicyclic) bond motifs is 1. The first-order chi connectivity index (χ1) is 14.1. The summed E-state index contributed by atoms with van der Waals surface area (Å²) in [4.78, 5) is 35.1. The smallest absolute Gasteiger partial charge is 0.267 e. The third kappa shape index (κ3) is 3.46. The molecule has 1 saturated heterocycles. The van der Waals surface area contributed by atoms with Crippen molar-refractivity contribution in [3.05, 3.63) is 53.2 Å². The Morgan fingerprint density at radius 1 is 1.17 bits per heavy atom. The summed E-state index contributed by atoms with van der Waals surface area (Å²) >= 11 is 0. The van der Waals surface area contributed by atoms with Crippen molar-refractivity contribution in [2.24, 2.45) is 5.41 Å². The van der Waals surface area contributed by atoms with E-state index in [-0.39, 0.29) is 18.0 Å². The third-order valence-corrected chi connectivity index (χ3v) is 6.11. The maximum absolute atomic E-state index is 12.5. The normalized spacial score (nSPS) is 17.4. The molecule has 1 N–H and O–H groups in total. The number of anilines is 2. The highest BCUT2D eigenvalue weighted by atomic mass is 16.2. The Labute approximate surface area is 167 Å². The van der Waals surface area contributed by atoms with Crippen LogP contribution in [0.3, 0.4) is 0 Å². The van der Waals surface area contributed by atoms with Crippen LogP contribution in [-0.2, 0) is 11.3 Å². The predicted molar refractivity (Wildman–Crippen MR) is 110 cm³/mol. The molecule has 1 spiro atoms. The molecule has 3 aromatic rings. The quantitative estimate of drug-likeness (QED) is 0.734. The van der Waals surface area contributed by atoms with E-state index in [1.54, 1.807) is 24.4 Å². The molecular weight excluding hydrogens is 368 g/mol. The molecule has 3 heterocycles. The Kier molecular flexibility index (Phi) is 4.26. The topological polar surface area (TPSA) is 93.0 Å². The Morgan fingerprint density at radius 2 is 2.07 bits per heavy atom. The molecule has 0 radical (unpaired) electrons. The van der Waals surface area contributed by atoms with Gasteiger partial charge in [-0.2, -0.15) is 5.10 Å². The van der Waals surface area contributed by atoms with Crippen LogP contribution in [0.2, 0.25) is 0 Å². The lowest BCUT2D eigenvalue weighted by molar-refractivity contribution is -0.117. The van der Waals surface area contributed by atoms with Crippen molar-refractivity contribution in [1.29, 1.82) is 0 Å². The fourth-order valence-electron chi connectivity index (χ4n) is 4.32. The van der Waals surface area contributed by atoms with Crippen molar-refractivity contribution in [3.63, 3.8) is 0 Å². The number of hydrogen-bond donors (Lipinski definition) is 1. The molecule has 1 aliphatic carbocycles. The van der Waals surface area contributed by atoms with E-state index in [0.29, 0.717) is 11.1 Å². The molecule has 29 heavy (non-hydrogen) atoms. The van der Waals surface area contributed by atoms with Gasteiger partial charge in [0.1, 0.15) is 18.7 Å². The van der Waals surface area contributed by atoms with E-state index in [1.165, 1.54) is 42.8 Å². The van der Waals surface area contributed by atoms with Crippen LogP contribution in [0.1, 0.15) is 25.7 Å². The van der Waals surface area contributed by atoms with Crippen molar-refractivity contribution in [1.82, 2.24) is 19.7 Å². The highest BCUT2D eigenvalue weighted by molar-refractivity contribution is 5.93. The van der Waals surface area contributed by atoms with Gasteiger partial charge in [0, 0.05) is 36.4 Å². The molecule has 8 heteroatoms. The summed E-state index contributed by atoms with van der Waals surface area (Å²) in [6.45, 7) is 1.81. The van der Waals surface area contributed by atoms with Crippen molar-refractivity contribution >= 4 is 28.3 Å². The first-order valence-corrected chi connectivity index (χ1v) is 9.93. The van der Waals surface area contributed by atoms with Crippen molar-refractivity contribution in [2.45, 2.75) is 32.2 Å². The van der Waals surface area contributed by atoms with E-state index in [2.05, 4.69) is 25.3 Å². The fourth-order valence-corrected chi connectivity index (χ4v) is 4.32. The van der Waals surface area contributed by atoms with Crippen molar-refractivity contribution in [3.8, 4) is 0 Å². The summed E-state index contributed by atoms with van der Waals surface area (Å²) in [7, 11) is 0. The maximum atomic E-state index is 12.5. The molecule has 2 aromatic heterocycles. The summed E-state index contributed by atoms with van der Waals surface area (Å²) < 4.78 is 1.24. The van der Waals surface area contributed by atoms with Crippen LogP contribution in [-0.4, -0.2) is 38.7 Å². The van der Waals surface area contributed by atoms with Gasteiger partial charge in [-0.3, -0.25) is 9.59 Å². The third-order valence-electron chi connectivity index (χ3n) is 6.11. The van der Waals surface area contributed by atoms with Gasteiger partial charge in [0.15, 0.2) is 0 Å². The van der Waals surface area contributed by atoms with Gasteiger partial charge < -0.3 is 10.2 Å². The van der Waals surface area contributed by atoms with E-state index >= 15 is 0 Å². The van der Waals surface area contributed by atoms with Crippen LogP contribution in [0.25, 0.3) is 10.9 Å². The van der Waals surface area contributed by atoms with E-state index in [4.69, 9.17) is 0 Å². The SMILES string of the molecule is O=C(Cn1nc(N2CCC3(CCC3)C2)ccc1=O)Nc1ccc2cncnc2c1. The number of carbonyl (C=O) groups is 1. The standard InChI is InChI=1S/C21H22N6O2/c28-19(24-16-3-2-15-11-22-14-23-17(15)10-16)12-27-20(29)5-4-18(25-27)26-9-8-21(13-26)6-1-7-21/h2-5,10-11,14H,1,6-9,12-13H2,(H,24,28). The van der Waals surface area contributed by atoms with Crippen LogP contribution in [0.15, 0.2) is 47.7 Å². The van der Waals surface area contributed by atoms with Crippen LogP contribution in [0, 0.1) is 5.41 Å². The van der Waals surface area contributed by atoms with E-state index in [9.17, 15) is 9.59 Å². The zero-order valence-electron chi connectivity index (χ0n) is 16.0. The lowest BCUT2D eigenvalue weighted by Gasteiger charge is -2.38. The molecular formula is C21H22N6O2. The van der Waals surface area contributed by atoms with E-state index in [0.717, 1.165) is 29.8 Å². The minimum atomic E-state index is -0.304. The summed E-state index contributed by atoms with van der Waals surface area (Å²) in [6.07, 6.45) is 8.23. The van der Waals surface area contributed by atoms with Gasteiger partial charge >= 0.3 is 0 Å². The van der Waals surface area contributed by atoms with Crippen LogP contribution >= 0.6 is 0 Å². The molecule has 0 atom stereocenters. The average molecular weight is 390 g/mol. The van der Waals surface area contributed by atoms with Crippen molar-refractivity contribution in [2.75, 3.05) is 23.3 Å². The second kappa shape index (κ2) is 6.95. The Balaban J connectivity index is 1.30. The van der Waals surface area contributed by atoms with Gasteiger partial charge in [-0.1, -0.05) is 6.42 Å². The van der Waals surface area contributed by atoms with E-state index in [1.807, 2.05) is 6.07 Å². The number of rotatable bonds is 4. The van der Waals surface area contributed by atoms with Gasteiger partial charge in [0.05, 0.1) is 5.52 Å². The maximum Gasteiger partial charge on any atom is 0.267 e. The molecule has 0 unspecified atom stereocenters. The summed E-state index contributed by atoms with van der Waals surface area (Å²) in [5, 5.41) is 8.17. The summed E-state index contributed by atoms with van der Waals surface area (Å²) in [5.74, 6) is 0.464. The Morgan fingerprint density at radius 3 is 2.86 bits per heavy atom. The number of hydrogen-bond acceptors (Lipinski definition) is 6. The summed E-state index contributed by atoms with van der Waals surface area (Å²) in [5.41, 5.74) is 1.53. The lowest BCUT2D eigenvalue weighted by atomic mass is 9.68. The lowest BCUT2D eigenvalue weighted by Crippen LogP contribution is -2.35. The Hall–Kier alpha value is -3.29. The Bertz CT molecular complexity index is 1140. The van der Waals surface area contributed by atoms with Crippen molar-refractivity contribution < 1.29 is 4.79 Å². The monoisotopic (exact) mass is 390 g/mol. The van der Waals surface area contributed by atoms with E-state index < -0.39 is 0 Å². The zero-order valence-corrected chi connectivity index (χ0v) is 16.0. The number of aromatic nitrogens is 4. The van der Waals surface area contributed by atoms with Crippen LogP contribution in [0.4, 0.5) is 11.5 Å². The average Bonchev–Trinajstić information content (AvgIpc) is 3.16. The van der Waals surface area contributed by atoms with Crippen LogP contribution in [0.5, 0.6) is 0 Å². The molecule has 1 amide bonds. The first-order valence-electron chi connectivity index (χ1n) is 9.93. The van der Waals surface area contributed by atoms with Gasteiger partial charge in [0.25, 0.3) is 5.56 Å². The van der Waals surface area contributed by atoms with Gasteiger partial charge in [-0.05, 0) is 48.9 Å². The molecule has 8 nitrogen and oxygen atoms in total. The minimum absolute atomic E-state index is 0.131. The highest BCUT2D eigenvalue weighted by Gasteiger charge is 2.43. The summed E-state index contributed by atoms with van der Waals surface area (Å²) in [6, 6.07) is 8.67. The molecule has 0 bridgehead atoms. The molecule has 1 aromatic carbocycles. The largest absolute Gasteiger partial charge is 0.355 e. The molecule has 5 rings (SSSR count). The number of carbonyl (C=O) groups excluding carboxylic acids is 1. The van der Waals surface area contributed by atoms with Gasteiger partial charge in [-0.25, -0.2) is 14.6 Å². The number of benzene rings is 1. The zero-order chi connectivity index (χ0) is 19.8. The molecule has 2 aliphatic rings. The first kappa shape index (κ1) is 17.8. The fraction of sp³-hybridized carbons (Fsp3) is 0.381. The molecule has 1 saturated carbocycles. The second-order valence-corrected chi connectivity index (χ2v) is 8.06. The molecule has 1 aliphatic heterocycles. The molecule has 148 valence electrons. The minimum Gasteiger partial charge on any atom is -0.355 e. The van der Waals surface area contributed by atoms with Crippen LogP contribution < -0.4 is 15.8 Å². The number of nitrogens with one attached hydrogen (secondary N) is 1. The highest BCUT2D eigenvalue weighted by Crippen LogP contribution is 2.48. The predicted octanol–water partition coefficient (Wildman–Crippen LogP) is 2.21.